The SMILES string of the molecule is Cn1nc(/C(O)=C(\C#N)C(=O)Nc2ccccc2)c2c1-c1cccc3c1C2CCC3. The Morgan fingerprint density at radius 2 is 2.00 bits per heavy atom. The van der Waals surface area contributed by atoms with Crippen LogP contribution in [-0.2, 0) is 18.3 Å². The first-order chi connectivity index (χ1) is 14.6. The zero-order valence-corrected chi connectivity index (χ0v) is 16.5. The molecule has 1 atom stereocenters. The van der Waals surface area contributed by atoms with Gasteiger partial charge in [-0.1, -0.05) is 36.4 Å². The largest absolute Gasteiger partial charge is 0.504 e. The normalized spacial score (nSPS) is 16.9. The number of hydrogen-bond acceptors (Lipinski definition) is 4. The van der Waals surface area contributed by atoms with Gasteiger partial charge >= 0.3 is 0 Å². The molecule has 1 amide bonds. The number of benzene rings is 2. The molecule has 1 aromatic heterocycles. The first kappa shape index (κ1) is 18.2. The summed E-state index contributed by atoms with van der Waals surface area (Å²) in [7, 11) is 1.84. The van der Waals surface area contributed by atoms with Crippen molar-refractivity contribution in [1.29, 1.82) is 5.26 Å². The fraction of sp³-hybridized carbons (Fsp3) is 0.208. The van der Waals surface area contributed by atoms with Crippen molar-refractivity contribution in [2.24, 2.45) is 7.05 Å². The number of anilines is 1. The van der Waals surface area contributed by atoms with Crippen LogP contribution in [0.15, 0.2) is 54.1 Å². The third-order valence-corrected chi connectivity index (χ3v) is 6.00. The number of aliphatic hydroxyl groups excluding tert-OH is 1. The van der Waals surface area contributed by atoms with Gasteiger partial charge in [0, 0.05) is 29.8 Å². The highest BCUT2D eigenvalue weighted by molar-refractivity contribution is 6.11. The van der Waals surface area contributed by atoms with E-state index in [0.717, 1.165) is 36.1 Å². The molecule has 0 fully saturated rings. The van der Waals surface area contributed by atoms with Crippen LogP contribution in [0.3, 0.4) is 0 Å². The van der Waals surface area contributed by atoms with Crippen LogP contribution < -0.4 is 5.32 Å². The molecule has 148 valence electrons. The van der Waals surface area contributed by atoms with Gasteiger partial charge in [0.05, 0.1) is 5.69 Å². The molecule has 2 aliphatic rings. The second-order valence-electron chi connectivity index (χ2n) is 7.71. The number of nitrogens with one attached hydrogen (secondary N) is 1. The second-order valence-corrected chi connectivity index (χ2v) is 7.71. The summed E-state index contributed by atoms with van der Waals surface area (Å²) >= 11 is 0. The average Bonchev–Trinajstić information content (AvgIpc) is 3.27. The number of hydrogen-bond donors (Lipinski definition) is 2. The Bertz CT molecular complexity index is 1250. The maximum atomic E-state index is 12.7. The van der Waals surface area contributed by atoms with E-state index in [1.54, 1.807) is 28.9 Å². The summed E-state index contributed by atoms with van der Waals surface area (Å²) < 4.78 is 1.75. The third kappa shape index (κ3) is 2.63. The summed E-state index contributed by atoms with van der Waals surface area (Å²) in [6, 6.07) is 17.0. The van der Waals surface area contributed by atoms with Gasteiger partial charge in [-0.3, -0.25) is 9.48 Å². The molecule has 6 nitrogen and oxygen atoms in total. The molecule has 5 rings (SSSR count). The Kier molecular flexibility index (Phi) is 4.18. The van der Waals surface area contributed by atoms with Gasteiger partial charge < -0.3 is 10.4 Å². The first-order valence-corrected chi connectivity index (χ1v) is 9.99. The molecule has 0 spiro atoms. The summed E-state index contributed by atoms with van der Waals surface area (Å²) in [5.74, 6) is -0.897. The summed E-state index contributed by atoms with van der Waals surface area (Å²) in [4.78, 5) is 12.7. The van der Waals surface area contributed by atoms with Crippen LogP contribution in [0.1, 0.15) is 41.1 Å². The highest BCUT2D eigenvalue weighted by atomic mass is 16.3. The number of aromatic nitrogens is 2. The monoisotopic (exact) mass is 396 g/mol. The molecule has 0 radical (unpaired) electrons. The van der Waals surface area contributed by atoms with E-state index >= 15 is 0 Å². The van der Waals surface area contributed by atoms with Gasteiger partial charge in [0.2, 0.25) is 0 Å². The van der Waals surface area contributed by atoms with E-state index < -0.39 is 5.91 Å². The molecule has 0 saturated carbocycles. The lowest BCUT2D eigenvalue weighted by Gasteiger charge is -2.22. The number of aliphatic hydroxyl groups is 1. The highest BCUT2D eigenvalue weighted by Crippen LogP contribution is 2.52. The van der Waals surface area contributed by atoms with Gasteiger partial charge in [0.1, 0.15) is 11.8 Å². The maximum Gasteiger partial charge on any atom is 0.270 e. The Morgan fingerprint density at radius 1 is 1.20 bits per heavy atom. The number of para-hydroxylation sites is 1. The Balaban J connectivity index is 1.62. The van der Waals surface area contributed by atoms with Crippen molar-refractivity contribution < 1.29 is 9.90 Å². The van der Waals surface area contributed by atoms with Crippen LogP contribution in [0, 0.1) is 11.3 Å². The summed E-state index contributed by atoms with van der Waals surface area (Å²) in [5, 5.41) is 27.8. The molecule has 0 saturated heterocycles. The van der Waals surface area contributed by atoms with Crippen molar-refractivity contribution in [3.05, 3.63) is 76.5 Å². The van der Waals surface area contributed by atoms with Crippen LogP contribution in [0.5, 0.6) is 0 Å². The number of carbonyl (C=O) groups is 1. The lowest BCUT2D eigenvalue weighted by atomic mass is 9.81. The molecular weight excluding hydrogens is 376 g/mol. The van der Waals surface area contributed by atoms with E-state index in [-0.39, 0.29) is 17.3 Å². The van der Waals surface area contributed by atoms with Crippen molar-refractivity contribution in [2.45, 2.75) is 25.2 Å². The molecule has 3 aromatic rings. The predicted octanol–water partition coefficient (Wildman–Crippen LogP) is 4.30. The fourth-order valence-corrected chi connectivity index (χ4v) is 4.79. The third-order valence-electron chi connectivity index (χ3n) is 6.00. The van der Waals surface area contributed by atoms with Crippen molar-refractivity contribution in [3.63, 3.8) is 0 Å². The molecular formula is C24H20N4O2. The lowest BCUT2D eigenvalue weighted by Crippen LogP contribution is -2.16. The van der Waals surface area contributed by atoms with Crippen LogP contribution in [0.25, 0.3) is 17.0 Å². The van der Waals surface area contributed by atoms with E-state index in [4.69, 9.17) is 0 Å². The van der Waals surface area contributed by atoms with Crippen molar-refractivity contribution in [2.75, 3.05) is 5.32 Å². The fourth-order valence-electron chi connectivity index (χ4n) is 4.79. The summed E-state index contributed by atoms with van der Waals surface area (Å²) in [6.07, 6.45) is 3.06. The minimum absolute atomic E-state index is 0.128. The van der Waals surface area contributed by atoms with Crippen LogP contribution in [-0.4, -0.2) is 20.8 Å². The molecule has 30 heavy (non-hydrogen) atoms. The molecule has 2 N–H and O–H groups in total. The number of amides is 1. The number of carbonyl (C=O) groups excluding carboxylic acids is 1. The number of nitrogens with zero attached hydrogens (tertiary/aromatic N) is 3. The molecule has 2 aliphatic carbocycles. The quantitative estimate of drug-likeness (QED) is 0.392. The Hall–Kier alpha value is -3.85. The number of fused-ring (bicyclic) bond motifs is 3. The van der Waals surface area contributed by atoms with Gasteiger partial charge in [-0.2, -0.15) is 10.4 Å². The zero-order chi connectivity index (χ0) is 20.8. The molecule has 1 unspecified atom stereocenters. The van der Waals surface area contributed by atoms with Crippen molar-refractivity contribution in [3.8, 4) is 17.3 Å². The minimum Gasteiger partial charge on any atom is -0.504 e. The lowest BCUT2D eigenvalue weighted by molar-refractivity contribution is -0.112. The number of rotatable bonds is 3. The second kappa shape index (κ2) is 6.89. The van der Waals surface area contributed by atoms with E-state index in [2.05, 4.69) is 28.6 Å². The highest BCUT2D eigenvalue weighted by Gasteiger charge is 2.39. The van der Waals surface area contributed by atoms with Crippen LogP contribution in [0.4, 0.5) is 5.69 Å². The Labute approximate surface area is 174 Å². The topological polar surface area (TPSA) is 90.9 Å². The van der Waals surface area contributed by atoms with Gasteiger partial charge in [0.25, 0.3) is 5.91 Å². The van der Waals surface area contributed by atoms with Crippen molar-refractivity contribution >= 4 is 17.4 Å². The first-order valence-electron chi connectivity index (χ1n) is 9.99. The van der Waals surface area contributed by atoms with Crippen LogP contribution >= 0.6 is 0 Å². The van der Waals surface area contributed by atoms with E-state index in [1.165, 1.54) is 11.1 Å². The maximum absolute atomic E-state index is 12.7. The summed E-state index contributed by atoms with van der Waals surface area (Å²) in [6.45, 7) is 0. The zero-order valence-electron chi connectivity index (χ0n) is 16.5. The average molecular weight is 396 g/mol. The van der Waals surface area contributed by atoms with Crippen molar-refractivity contribution in [1.82, 2.24) is 9.78 Å². The Morgan fingerprint density at radius 3 is 2.77 bits per heavy atom. The molecule has 6 heteroatoms. The van der Waals surface area contributed by atoms with E-state index in [1.807, 2.05) is 19.2 Å². The smallest absolute Gasteiger partial charge is 0.270 e. The molecule has 0 bridgehead atoms. The number of nitriles is 1. The standard InChI is InChI=1S/C24H20N4O2/c1-28-22-17-12-6-8-14-7-5-11-16(19(14)17)20(22)21(27-28)23(29)18(13-25)24(30)26-15-9-3-2-4-10-15/h2-4,6,8-10,12,16,29H,5,7,11H2,1H3,(H,26,30)/b23-18-. The summed E-state index contributed by atoms with van der Waals surface area (Å²) in [5.41, 5.74) is 6.17. The molecule has 0 aliphatic heterocycles. The molecule has 2 aromatic carbocycles. The minimum atomic E-state index is -0.652. The predicted molar refractivity (Wildman–Crippen MR) is 114 cm³/mol. The van der Waals surface area contributed by atoms with E-state index in [0.29, 0.717) is 11.4 Å². The number of aryl methyl sites for hydroxylation is 2. The van der Waals surface area contributed by atoms with Crippen LogP contribution in [0.2, 0.25) is 0 Å². The molecule has 1 heterocycles. The van der Waals surface area contributed by atoms with Gasteiger partial charge in [0.15, 0.2) is 11.3 Å². The van der Waals surface area contributed by atoms with E-state index in [9.17, 15) is 15.2 Å². The van der Waals surface area contributed by atoms with Gasteiger partial charge in [-0.25, -0.2) is 0 Å². The van der Waals surface area contributed by atoms with Gasteiger partial charge in [-0.05, 0) is 42.5 Å². The van der Waals surface area contributed by atoms with Gasteiger partial charge in [-0.15, -0.1) is 0 Å².